The first-order valence-corrected chi connectivity index (χ1v) is 6.79. The summed E-state index contributed by atoms with van der Waals surface area (Å²) in [5.41, 5.74) is 10.5. The average molecular weight is 232 g/mol. The van der Waals surface area contributed by atoms with Crippen LogP contribution in [0, 0.1) is 0 Å². The topological polar surface area (TPSA) is 38.9 Å². The van der Waals surface area contributed by atoms with Crippen molar-refractivity contribution >= 4 is 21.6 Å². The summed E-state index contributed by atoms with van der Waals surface area (Å²) in [6.45, 7) is 0. The Morgan fingerprint density at radius 2 is 2.00 bits per heavy atom. The SMILES string of the molecule is NC1CCC(c2ccc3ncsc3c2)CC1. The summed E-state index contributed by atoms with van der Waals surface area (Å²) in [7, 11) is 0. The number of thiazole rings is 1. The molecule has 0 aliphatic heterocycles. The van der Waals surface area contributed by atoms with Crippen LogP contribution in [0.1, 0.15) is 37.2 Å². The molecule has 0 spiro atoms. The third-order valence-corrected chi connectivity index (χ3v) is 4.39. The van der Waals surface area contributed by atoms with Crippen molar-refractivity contribution in [1.82, 2.24) is 4.98 Å². The largest absolute Gasteiger partial charge is 0.328 e. The van der Waals surface area contributed by atoms with Crippen LogP contribution in [0.5, 0.6) is 0 Å². The van der Waals surface area contributed by atoms with Gasteiger partial charge in [0.1, 0.15) is 0 Å². The molecule has 1 saturated carbocycles. The molecule has 0 unspecified atom stereocenters. The third kappa shape index (κ3) is 1.85. The lowest BCUT2D eigenvalue weighted by atomic mass is 9.82. The smallest absolute Gasteiger partial charge is 0.0812 e. The van der Waals surface area contributed by atoms with Crippen molar-refractivity contribution in [3.05, 3.63) is 29.3 Å². The number of nitrogens with zero attached hydrogens (tertiary/aromatic N) is 1. The normalized spacial score (nSPS) is 26.1. The van der Waals surface area contributed by atoms with Gasteiger partial charge in [0.2, 0.25) is 0 Å². The number of hydrogen-bond donors (Lipinski definition) is 1. The Morgan fingerprint density at radius 1 is 1.19 bits per heavy atom. The van der Waals surface area contributed by atoms with Crippen LogP contribution in [-0.2, 0) is 0 Å². The molecule has 1 fully saturated rings. The lowest BCUT2D eigenvalue weighted by molar-refractivity contribution is 0.396. The van der Waals surface area contributed by atoms with Gasteiger partial charge in [-0.1, -0.05) is 6.07 Å². The third-order valence-electron chi connectivity index (χ3n) is 3.60. The van der Waals surface area contributed by atoms with Crippen molar-refractivity contribution in [3.8, 4) is 0 Å². The van der Waals surface area contributed by atoms with Gasteiger partial charge in [-0.15, -0.1) is 11.3 Å². The second-order valence-corrected chi connectivity index (χ2v) is 5.58. The molecule has 1 aromatic heterocycles. The summed E-state index contributed by atoms with van der Waals surface area (Å²) in [6.07, 6.45) is 4.83. The quantitative estimate of drug-likeness (QED) is 0.819. The van der Waals surface area contributed by atoms with E-state index in [1.807, 2.05) is 5.51 Å². The Kier molecular flexibility index (Phi) is 2.65. The van der Waals surface area contributed by atoms with Gasteiger partial charge in [-0.2, -0.15) is 0 Å². The number of aromatic nitrogens is 1. The first-order valence-electron chi connectivity index (χ1n) is 5.91. The van der Waals surface area contributed by atoms with Crippen molar-refractivity contribution in [1.29, 1.82) is 0 Å². The average Bonchev–Trinajstić information content (AvgIpc) is 2.77. The van der Waals surface area contributed by atoms with Crippen molar-refractivity contribution in [2.24, 2.45) is 5.73 Å². The van der Waals surface area contributed by atoms with Gasteiger partial charge >= 0.3 is 0 Å². The first kappa shape index (κ1) is 10.2. The molecule has 3 heteroatoms. The van der Waals surface area contributed by atoms with Gasteiger partial charge < -0.3 is 5.73 Å². The van der Waals surface area contributed by atoms with Crippen molar-refractivity contribution in [2.75, 3.05) is 0 Å². The van der Waals surface area contributed by atoms with Crippen molar-refractivity contribution in [2.45, 2.75) is 37.6 Å². The molecule has 1 aliphatic rings. The highest BCUT2D eigenvalue weighted by Gasteiger charge is 2.20. The molecule has 1 heterocycles. The zero-order valence-electron chi connectivity index (χ0n) is 9.23. The van der Waals surface area contributed by atoms with Gasteiger partial charge in [-0.25, -0.2) is 4.98 Å². The molecule has 84 valence electrons. The molecule has 1 aliphatic carbocycles. The fourth-order valence-electron chi connectivity index (χ4n) is 2.58. The van der Waals surface area contributed by atoms with E-state index in [0.29, 0.717) is 12.0 Å². The van der Waals surface area contributed by atoms with Crippen LogP contribution in [-0.4, -0.2) is 11.0 Å². The summed E-state index contributed by atoms with van der Waals surface area (Å²) < 4.78 is 1.31. The number of benzene rings is 1. The Hall–Kier alpha value is -0.930. The Bertz CT molecular complexity index is 483. The molecule has 16 heavy (non-hydrogen) atoms. The number of nitrogens with two attached hydrogens (primary N) is 1. The van der Waals surface area contributed by atoms with Crippen LogP contribution in [0.2, 0.25) is 0 Å². The maximum atomic E-state index is 5.94. The fraction of sp³-hybridized carbons (Fsp3) is 0.462. The maximum Gasteiger partial charge on any atom is 0.0812 e. The summed E-state index contributed by atoms with van der Waals surface area (Å²) >= 11 is 1.73. The van der Waals surface area contributed by atoms with Crippen molar-refractivity contribution in [3.63, 3.8) is 0 Å². The minimum Gasteiger partial charge on any atom is -0.328 e. The number of hydrogen-bond acceptors (Lipinski definition) is 3. The first-order chi connectivity index (χ1) is 7.83. The fourth-order valence-corrected chi connectivity index (χ4v) is 3.30. The second kappa shape index (κ2) is 4.15. The summed E-state index contributed by atoms with van der Waals surface area (Å²) in [6, 6.07) is 7.14. The minimum absolute atomic E-state index is 0.434. The Morgan fingerprint density at radius 3 is 2.81 bits per heavy atom. The van der Waals surface area contributed by atoms with E-state index in [1.54, 1.807) is 11.3 Å². The molecule has 3 rings (SSSR count). The Labute approximate surface area is 99.5 Å². The van der Waals surface area contributed by atoms with E-state index in [2.05, 4.69) is 23.2 Å². The molecule has 2 nitrogen and oxygen atoms in total. The van der Waals surface area contributed by atoms with Gasteiger partial charge in [-0.3, -0.25) is 0 Å². The van der Waals surface area contributed by atoms with Gasteiger partial charge in [0.05, 0.1) is 15.7 Å². The number of fused-ring (bicyclic) bond motifs is 1. The maximum absolute atomic E-state index is 5.94. The van der Waals surface area contributed by atoms with Gasteiger partial charge in [0, 0.05) is 6.04 Å². The van der Waals surface area contributed by atoms with E-state index < -0.39 is 0 Å². The van der Waals surface area contributed by atoms with E-state index in [4.69, 9.17) is 5.73 Å². The van der Waals surface area contributed by atoms with E-state index in [1.165, 1.54) is 35.9 Å². The second-order valence-electron chi connectivity index (χ2n) is 4.69. The van der Waals surface area contributed by atoms with E-state index in [-0.39, 0.29) is 0 Å². The zero-order chi connectivity index (χ0) is 11.0. The molecule has 0 saturated heterocycles. The van der Waals surface area contributed by atoms with E-state index in [9.17, 15) is 0 Å². The summed E-state index contributed by atoms with van der Waals surface area (Å²) in [5, 5.41) is 0. The minimum atomic E-state index is 0.434. The van der Waals surface area contributed by atoms with Gasteiger partial charge in [-0.05, 0) is 49.3 Å². The molecule has 0 amide bonds. The zero-order valence-corrected chi connectivity index (χ0v) is 10.0. The van der Waals surface area contributed by atoms with E-state index in [0.717, 1.165) is 5.52 Å². The molecular formula is C13H16N2S. The predicted octanol–water partition coefficient (Wildman–Crippen LogP) is 3.28. The standard InChI is InChI=1S/C13H16N2S/c14-11-4-1-9(2-5-11)10-3-6-12-13(7-10)16-8-15-12/h3,6-9,11H,1-2,4-5,14H2. The number of rotatable bonds is 1. The summed E-state index contributed by atoms with van der Waals surface area (Å²) in [5.74, 6) is 0.714. The van der Waals surface area contributed by atoms with Gasteiger partial charge in [0.15, 0.2) is 0 Å². The highest BCUT2D eigenvalue weighted by molar-refractivity contribution is 7.16. The molecule has 0 radical (unpaired) electrons. The van der Waals surface area contributed by atoms with Crippen LogP contribution in [0.4, 0.5) is 0 Å². The molecular weight excluding hydrogens is 216 g/mol. The van der Waals surface area contributed by atoms with Crippen LogP contribution >= 0.6 is 11.3 Å². The summed E-state index contributed by atoms with van der Waals surface area (Å²) in [4.78, 5) is 4.32. The van der Waals surface area contributed by atoms with Crippen LogP contribution in [0.15, 0.2) is 23.7 Å². The monoisotopic (exact) mass is 232 g/mol. The van der Waals surface area contributed by atoms with Gasteiger partial charge in [0.25, 0.3) is 0 Å². The van der Waals surface area contributed by atoms with Crippen LogP contribution < -0.4 is 5.73 Å². The van der Waals surface area contributed by atoms with Crippen LogP contribution in [0.3, 0.4) is 0 Å². The predicted molar refractivity (Wildman–Crippen MR) is 68.8 cm³/mol. The Balaban J connectivity index is 1.87. The lowest BCUT2D eigenvalue weighted by Gasteiger charge is -2.26. The van der Waals surface area contributed by atoms with Crippen LogP contribution in [0.25, 0.3) is 10.2 Å². The molecule has 1 aromatic carbocycles. The molecule has 2 N–H and O–H groups in total. The van der Waals surface area contributed by atoms with Crippen molar-refractivity contribution < 1.29 is 0 Å². The lowest BCUT2D eigenvalue weighted by Crippen LogP contribution is -2.25. The molecule has 0 atom stereocenters. The highest BCUT2D eigenvalue weighted by Crippen LogP contribution is 2.34. The molecule has 2 aromatic rings. The van der Waals surface area contributed by atoms with E-state index >= 15 is 0 Å². The highest BCUT2D eigenvalue weighted by atomic mass is 32.1. The molecule has 0 bridgehead atoms.